The molecule has 1 aliphatic heterocycles. The lowest BCUT2D eigenvalue weighted by Crippen LogP contribution is -2.56. The van der Waals surface area contributed by atoms with Crippen LogP contribution < -0.4 is 5.32 Å². The Labute approximate surface area is 90.0 Å². The zero-order valence-corrected chi connectivity index (χ0v) is 9.57. The Bertz CT molecular complexity index is 291. The highest BCUT2D eigenvalue weighted by Crippen LogP contribution is 2.07. The number of rotatable bonds is 4. The van der Waals surface area contributed by atoms with Gasteiger partial charge in [-0.1, -0.05) is 0 Å². The van der Waals surface area contributed by atoms with E-state index in [4.69, 9.17) is 4.55 Å². The molecule has 3 N–H and O–H groups in total. The zero-order valence-electron chi connectivity index (χ0n) is 8.76. The van der Waals surface area contributed by atoms with Crippen molar-refractivity contribution in [2.24, 2.45) is 0 Å². The largest absolute Gasteiger partial charge is 0.392 e. The van der Waals surface area contributed by atoms with Crippen molar-refractivity contribution >= 4 is 10.1 Å². The summed E-state index contributed by atoms with van der Waals surface area (Å²) in [4.78, 5) is 1.88. The van der Waals surface area contributed by atoms with Crippen LogP contribution >= 0.6 is 0 Å². The van der Waals surface area contributed by atoms with Crippen molar-refractivity contribution in [1.29, 1.82) is 0 Å². The van der Waals surface area contributed by atoms with E-state index in [0.29, 0.717) is 13.1 Å². The van der Waals surface area contributed by atoms with Crippen LogP contribution in [0.25, 0.3) is 0 Å². The van der Waals surface area contributed by atoms with Crippen molar-refractivity contribution in [2.75, 3.05) is 31.9 Å². The van der Waals surface area contributed by atoms with E-state index in [0.717, 1.165) is 6.54 Å². The Morgan fingerprint density at radius 2 is 2.27 bits per heavy atom. The first-order valence-corrected chi connectivity index (χ1v) is 6.59. The van der Waals surface area contributed by atoms with Gasteiger partial charge in [0.05, 0.1) is 11.9 Å². The summed E-state index contributed by atoms with van der Waals surface area (Å²) in [6, 6.07) is -0.0829. The Kier molecular flexibility index (Phi) is 4.47. The molecule has 7 heteroatoms. The topological polar surface area (TPSA) is 89.9 Å². The van der Waals surface area contributed by atoms with Crippen molar-refractivity contribution in [3.63, 3.8) is 0 Å². The van der Waals surface area contributed by atoms with E-state index in [1.165, 1.54) is 0 Å². The third-order valence-electron chi connectivity index (χ3n) is 2.59. The van der Waals surface area contributed by atoms with Crippen LogP contribution in [0.5, 0.6) is 0 Å². The molecular weight excluding hydrogens is 220 g/mol. The minimum absolute atomic E-state index is 0.0829. The molecule has 0 saturated carbocycles. The maximum absolute atomic E-state index is 10.6. The average Bonchev–Trinajstić information content (AvgIpc) is 2.14. The summed E-state index contributed by atoms with van der Waals surface area (Å²) >= 11 is 0. The van der Waals surface area contributed by atoms with Crippen LogP contribution in [0.1, 0.15) is 6.92 Å². The van der Waals surface area contributed by atoms with Crippen LogP contribution in [0.15, 0.2) is 0 Å². The van der Waals surface area contributed by atoms with Gasteiger partial charge in [0, 0.05) is 32.2 Å². The molecule has 15 heavy (non-hydrogen) atoms. The van der Waals surface area contributed by atoms with Crippen LogP contribution in [0.2, 0.25) is 0 Å². The lowest BCUT2D eigenvalue weighted by molar-refractivity contribution is 0.0489. The number of piperazine rings is 1. The number of hydrogen-bond donors (Lipinski definition) is 3. The van der Waals surface area contributed by atoms with Crippen molar-refractivity contribution in [2.45, 2.75) is 19.1 Å². The number of aliphatic hydroxyl groups excluding tert-OH is 1. The molecular formula is C8H18N2O4S. The van der Waals surface area contributed by atoms with E-state index in [1.54, 1.807) is 6.92 Å². The Morgan fingerprint density at radius 3 is 2.80 bits per heavy atom. The van der Waals surface area contributed by atoms with Gasteiger partial charge in [0.25, 0.3) is 10.1 Å². The summed E-state index contributed by atoms with van der Waals surface area (Å²) in [6.45, 7) is 4.04. The molecule has 90 valence electrons. The summed E-state index contributed by atoms with van der Waals surface area (Å²) in [5, 5.41) is 12.6. The first kappa shape index (κ1) is 12.9. The van der Waals surface area contributed by atoms with Gasteiger partial charge in [0.1, 0.15) is 0 Å². The highest BCUT2D eigenvalue weighted by atomic mass is 32.2. The molecule has 1 heterocycles. The van der Waals surface area contributed by atoms with Gasteiger partial charge in [-0.05, 0) is 6.92 Å². The molecule has 2 unspecified atom stereocenters. The number of nitrogens with one attached hydrogen (secondary N) is 1. The normalized spacial score (nSPS) is 26.5. The molecule has 2 atom stereocenters. The van der Waals surface area contributed by atoms with Crippen LogP contribution in [-0.4, -0.2) is 67.1 Å². The van der Waals surface area contributed by atoms with E-state index in [1.807, 2.05) is 4.90 Å². The molecule has 1 saturated heterocycles. The number of nitrogens with zero attached hydrogens (tertiary/aromatic N) is 1. The van der Waals surface area contributed by atoms with Gasteiger partial charge in [-0.3, -0.25) is 9.45 Å². The van der Waals surface area contributed by atoms with Gasteiger partial charge in [-0.2, -0.15) is 8.42 Å². The number of hydrogen-bond acceptors (Lipinski definition) is 5. The van der Waals surface area contributed by atoms with Gasteiger partial charge in [0.2, 0.25) is 0 Å². The summed E-state index contributed by atoms with van der Waals surface area (Å²) in [6.07, 6.45) is -0.515. The minimum atomic E-state index is -3.92. The second-order valence-electron chi connectivity index (χ2n) is 3.83. The van der Waals surface area contributed by atoms with Gasteiger partial charge < -0.3 is 10.4 Å². The van der Waals surface area contributed by atoms with Crippen molar-refractivity contribution in [3.8, 4) is 0 Å². The van der Waals surface area contributed by atoms with Gasteiger partial charge >= 0.3 is 0 Å². The first-order chi connectivity index (χ1) is 6.90. The molecule has 0 aliphatic carbocycles. The van der Waals surface area contributed by atoms with E-state index in [9.17, 15) is 13.5 Å². The fourth-order valence-corrected chi connectivity index (χ4v) is 2.22. The van der Waals surface area contributed by atoms with E-state index in [2.05, 4.69) is 5.32 Å². The summed E-state index contributed by atoms with van der Waals surface area (Å²) in [7, 11) is -3.92. The molecule has 0 aromatic rings. The molecule has 0 amide bonds. The molecule has 0 radical (unpaired) electrons. The van der Waals surface area contributed by atoms with Crippen LogP contribution in [0.3, 0.4) is 0 Å². The lowest BCUT2D eigenvalue weighted by atomic mass is 10.1. The standard InChI is InChI=1S/C8H18N2O4S/c1-7(11)8-6-9-2-3-10(8)4-5-15(12,13)14/h7-9,11H,2-6H2,1H3,(H,12,13,14). The summed E-state index contributed by atoms with van der Waals surface area (Å²) < 4.78 is 29.8. The van der Waals surface area contributed by atoms with Gasteiger partial charge in [-0.15, -0.1) is 0 Å². The zero-order chi connectivity index (χ0) is 11.5. The Balaban J connectivity index is 2.50. The quantitative estimate of drug-likeness (QED) is 0.518. The monoisotopic (exact) mass is 238 g/mol. The van der Waals surface area contributed by atoms with E-state index in [-0.39, 0.29) is 18.3 Å². The Morgan fingerprint density at radius 1 is 1.60 bits per heavy atom. The molecule has 0 aromatic heterocycles. The lowest BCUT2D eigenvalue weighted by Gasteiger charge is -2.37. The molecule has 1 fully saturated rings. The second-order valence-corrected chi connectivity index (χ2v) is 5.41. The van der Waals surface area contributed by atoms with Crippen LogP contribution in [-0.2, 0) is 10.1 Å². The molecule has 0 spiro atoms. The molecule has 1 rings (SSSR count). The van der Waals surface area contributed by atoms with Crippen molar-refractivity contribution in [3.05, 3.63) is 0 Å². The highest BCUT2D eigenvalue weighted by molar-refractivity contribution is 7.85. The fourth-order valence-electron chi connectivity index (χ4n) is 1.75. The predicted molar refractivity (Wildman–Crippen MR) is 56.3 cm³/mol. The smallest absolute Gasteiger partial charge is 0.266 e. The third-order valence-corrected chi connectivity index (χ3v) is 3.29. The van der Waals surface area contributed by atoms with Gasteiger partial charge in [0.15, 0.2) is 0 Å². The SMILES string of the molecule is CC(O)C1CNCCN1CCS(=O)(=O)O. The predicted octanol–water partition coefficient (Wildman–Crippen LogP) is -1.47. The first-order valence-electron chi connectivity index (χ1n) is 4.98. The van der Waals surface area contributed by atoms with Crippen LogP contribution in [0, 0.1) is 0 Å². The van der Waals surface area contributed by atoms with E-state index < -0.39 is 16.2 Å². The second kappa shape index (κ2) is 5.22. The van der Waals surface area contributed by atoms with Crippen molar-refractivity contribution < 1.29 is 18.1 Å². The Hall–Kier alpha value is -0.210. The summed E-state index contributed by atoms with van der Waals surface area (Å²) in [5.74, 6) is -0.282. The third kappa shape index (κ3) is 4.43. The summed E-state index contributed by atoms with van der Waals surface area (Å²) in [5.41, 5.74) is 0. The molecule has 0 aromatic carbocycles. The average molecular weight is 238 g/mol. The number of aliphatic hydroxyl groups is 1. The van der Waals surface area contributed by atoms with E-state index >= 15 is 0 Å². The van der Waals surface area contributed by atoms with Gasteiger partial charge in [-0.25, -0.2) is 0 Å². The molecule has 6 nitrogen and oxygen atoms in total. The molecule has 1 aliphatic rings. The van der Waals surface area contributed by atoms with Crippen LogP contribution in [0.4, 0.5) is 0 Å². The van der Waals surface area contributed by atoms with Crippen molar-refractivity contribution in [1.82, 2.24) is 10.2 Å². The maximum atomic E-state index is 10.6. The highest BCUT2D eigenvalue weighted by Gasteiger charge is 2.26. The fraction of sp³-hybridized carbons (Fsp3) is 1.00. The molecule has 0 bridgehead atoms. The minimum Gasteiger partial charge on any atom is -0.392 e. The maximum Gasteiger partial charge on any atom is 0.266 e.